The Balaban J connectivity index is 2.05. The predicted octanol–water partition coefficient (Wildman–Crippen LogP) is 3.22. The van der Waals surface area contributed by atoms with Crippen molar-refractivity contribution < 1.29 is 9.66 Å². The number of ether oxygens (including phenoxy) is 1. The quantitative estimate of drug-likeness (QED) is 0.502. The molecule has 0 saturated heterocycles. The lowest BCUT2D eigenvalue weighted by atomic mass is 10.2. The highest BCUT2D eigenvalue weighted by atomic mass is 16.6. The van der Waals surface area contributed by atoms with Crippen molar-refractivity contribution >= 4 is 17.7 Å². The van der Waals surface area contributed by atoms with Crippen molar-refractivity contribution in [1.82, 2.24) is 4.98 Å². The number of nitrogens with one attached hydrogen (secondary N) is 1. The molecule has 1 aromatic heterocycles. The standard InChI is InChI=1S/C15H16N4O3/c1-11(2)22-14-6-4-3-5-12(14)9-17-18-15-8-7-13(10-16-15)19(20)21/h3-11H,1-2H3,(H,16,18)/b17-9+. The molecule has 0 atom stereocenters. The average molecular weight is 300 g/mol. The summed E-state index contributed by atoms with van der Waals surface area (Å²) < 4.78 is 5.68. The van der Waals surface area contributed by atoms with Crippen LogP contribution in [0.3, 0.4) is 0 Å². The zero-order chi connectivity index (χ0) is 15.9. The molecule has 22 heavy (non-hydrogen) atoms. The second kappa shape index (κ2) is 7.16. The molecule has 114 valence electrons. The van der Waals surface area contributed by atoms with Gasteiger partial charge in [0.1, 0.15) is 17.8 Å². The molecule has 2 aromatic rings. The van der Waals surface area contributed by atoms with Crippen molar-refractivity contribution in [3.63, 3.8) is 0 Å². The summed E-state index contributed by atoms with van der Waals surface area (Å²) >= 11 is 0. The van der Waals surface area contributed by atoms with Crippen LogP contribution in [0.1, 0.15) is 19.4 Å². The van der Waals surface area contributed by atoms with Crippen LogP contribution in [0.15, 0.2) is 47.7 Å². The fourth-order valence-electron chi connectivity index (χ4n) is 1.68. The number of anilines is 1. The fourth-order valence-corrected chi connectivity index (χ4v) is 1.68. The van der Waals surface area contributed by atoms with E-state index in [0.29, 0.717) is 5.82 Å². The zero-order valence-corrected chi connectivity index (χ0v) is 12.3. The summed E-state index contributed by atoms with van der Waals surface area (Å²) in [5.41, 5.74) is 3.48. The first-order chi connectivity index (χ1) is 10.6. The minimum absolute atomic E-state index is 0.0646. The maximum Gasteiger partial charge on any atom is 0.287 e. The van der Waals surface area contributed by atoms with Gasteiger partial charge in [0.2, 0.25) is 0 Å². The number of hydrogen-bond donors (Lipinski definition) is 1. The van der Waals surface area contributed by atoms with Crippen molar-refractivity contribution in [3.8, 4) is 5.75 Å². The van der Waals surface area contributed by atoms with Crippen LogP contribution >= 0.6 is 0 Å². The van der Waals surface area contributed by atoms with E-state index >= 15 is 0 Å². The largest absolute Gasteiger partial charge is 0.490 e. The summed E-state index contributed by atoms with van der Waals surface area (Å²) in [4.78, 5) is 13.9. The van der Waals surface area contributed by atoms with Crippen LogP contribution in [0.25, 0.3) is 0 Å². The van der Waals surface area contributed by atoms with Gasteiger partial charge in [0.25, 0.3) is 5.69 Å². The lowest BCUT2D eigenvalue weighted by Crippen LogP contribution is -2.07. The predicted molar refractivity (Wildman–Crippen MR) is 84.3 cm³/mol. The second-order valence-corrected chi connectivity index (χ2v) is 4.73. The number of pyridine rings is 1. The number of hydrazone groups is 1. The highest BCUT2D eigenvalue weighted by molar-refractivity contribution is 5.83. The Morgan fingerprint density at radius 3 is 2.73 bits per heavy atom. The van der Waals surface area contributed by atoms with Crippen molar-refractivity contribution in [3.05, 3.63) is 58.3 Å². The van der Waals surface area contributed by atoms with Crippen molar-refractivity contribution in [2.45, 2.75) is 20.0 Å². The van der Waals surface area contributed by atoms with Crippen molar-refractivity contribution in [2.24, 2.45) is 5.10 Å². The Kier molecular flexibility index (Phi) is 5.02. The smallest absolute Gasteiger partial charge is 0.287 e. The maximum absolute atomic E-state index is 10.5. The third-order valence-corrected chi connectivity index (χ3v) is 2.62. The van der Waals surface area contributed by atoms with Gasteiger partial charge in [-0.3, -0.25) is 15.5 Å². The van der Waals surface area contributed by atoms with E-state index in [2.05, 4.69) is 15.5 Å². The van der Waals surface area contributed by atoms with E-state index in [1.54, 1.807) is 6.21 Å². The summed E-state index contributed by atoms with van der Waals surface area (Å²) in [5.74, 6) is 1.16. The molecule has 2 rings (SSSR count). The SMILES string of the molecule is CC(C)Oc1ccccc1/C=N/Nc1ccc([N+](=O)[O-])cn1. The van der Waals surface area contributed by atoms with Gasteiger partial charge in [-0.2, -0.15) is 5.10 Å². The molecule has 1 aromatic carbocycles. The maximum atomic E-state index is 10.5. The molecule has 0 bridgehead atoms. The molecule has 1 N–H and O–H groups in total. The Morgan fingerprint density at radius 1 is 1.32 bits per heavy atom. The molecule has 0 spiro atoms. The van der Waals surface area contributed by atoms with Gasteiger partial charge in [-0.1, -0.05) is 12.1 Å². The van der Waals surface area contributed by atoms with E-state index in [1.807, 2.05) is 38.1 Å². The number of para-hydroxylation sites is 1. The average Bonchev–Trinajstić information content (AvgIpc) is 2.49. The first kappa shape index (κ1) is 15.4. The van der Waals surface area contributed by atoms with Crippen molar-refractivity contribution in [2.75, 3.05) is 5.43 Å². The van der Waals surface area contributed by atoms with Gasteiger partial charge in [0.15, 0.2) is 0 Å². The third-order valence-electron chi connectivity index (χ3n) is 2.62. The zero-order valence-electron chi connectivity index (χ0n) is 12.3. The van der Waals surface area contributed by atoms with Crippen LogP contribution in [-0.2, 0) is 0 Å². The number of rotatable bonds is 6. The highest BCUT2D eigenvalue weighted by Crippen LogP contribution is 2.17. The van der Waals surface area contributed by atoms with Gasteiger partial charge in [0, 0.05) is 11.6 Å². The van der Waals surface area contributed by atoms with Crippen LogP contribution in [-0.4, -0.2) is 22.2 Å². The van der Waals surface area contributed by atoms with Crippen molar-refractivity contribution in [1.29, 1.82) is 0 Å². The third kappa shape index (κ3) is 4.27. The molecule has 0 radical (unpaired) electrons. The highest BCUT2D eigenvalue weighted by Gasteiger charge is 2.05. The van der Waals surface area contributed by atoms with E-state index in [4.69, 9.17) is 4.74 Å². The summed E-state index contributed by atoms with van der Waals surface area (Å²) in [6, 6.07) is 10.4. The van der Waals surface area contributed by atoms with Crippen LogP contribution in [0.5, 0.6) is 5.75 Å². The minimum atomic E-state index is -0.500. The van der Waals surface area contributed by atoms with E-state index in [9.17, 15) is 10.1 Å². The Labute approximate surface area is 127 Å². The molecule has 0 aliphatic rings. The van der Waals surface area contributed by atoms with Gasteiger partial charge in [-0.15, -0.1) is 0 Å². The number of nitro groups is 1. The monoisotopic (exact) mass is 300 g/mol. The van der Waals surface area contributed by atoms with Crippen LogP contribution in [0.4, 0.5) is 11.5 Å². The Bertz CT molecular complexity index is 669. The summed E-state index contributed by atoms with van der Waals surface area (Å²) in [7, 11) is 0. The van der Waals surface area contributed by atoms with E-state index in [1.165, 1.54) is 18.3 Å². The molecular weight excluding hydrogens is 284 g/mol. The number of benzene rings is 1. The number of hydrogen-bond acceptors (Lipinski definition) is 6. The molecular formula is C15H16N4O3. The Morgan fingerprint density at radius 2 is 2.09 bits per heavy atom. The normalized spacial score (nSPS) is 10.9. The van der Waals surface area contributed by atoms with Gasteiger partial charge >= 0.3 is 0 Å². The topological polar surface area (TPSA) is 89.6 Å². The molecule has 7 nitrogen and oxygen atoms in total. The summed E-state index contributed by atoms with van der Waals surface area (Å²) in [6.45, 7) is 3.90. The van der Waals surface area contributed by atoms with Gasteiger partial charge in [-0.05, 0) is 32.0 Å². The molecule has 7 heteroatoms. The lowest BCUT2D eigenvalue weighted by Gasteiger charge is -2.11. The first-order valence-electron chi connectivity index (χ1n) is 6.71. The van der Waals surface area contributed by atoms with Gasteiger partial charge in [0.05, 0.1) is 17.2 Å². The van der Waals surface area contributed by atoms with E-state index in [0.717, 1.165) is 11.3 Å². The number of aromatic nitrogens is 1. The lowest BCUT2D eigenvalue weighted by molar-refractivity contribution is -0.385. The van der Waals surface area contributed by atoms with Gasteiger partial charge < -0.3 is 4.74 Å². The summed E-state index contributed by atoms with van der Waals surface area (Å²) in [5, 5.41) is 14.6. The van der Waals surface area contributed by atoms with Crippen LogP contribution in [0, 0.1) is 10.1 Å². The first-order valence-corrected chi connectivity index (χ1v) is 6.71. The molecule has 0 unspecified atom stereocenters. The minimum Gasteiger partial charge on any atom is -0.490 e. The molecule has 0 aliphatic carbocycles. The fraction of sp³-hybridized carbons (Fsp3) is 0.200. The van der Waals surface area contributed by atoms with Crippen LogP contribution in [0.2, 0.25) is 0 Å². The molecule has 0 amide bonds. The Hall–Kier alpha value is -2.96. The number of nitrogens with zero attached hydrogens (tertiary/aromatic N) is 3. The van der Waals surface area contributed by atoms with Crippen LogP contribution < -0.4 is 10.2 Å². The van der Waals surface area contributed by atoms with Gasteiger partial charge in [-0.25, -0.2) is 4.98 Å². The molecule has 0 fully saturated rings. The van der Waals surface area contributed by atoms with E-state index in [-0.39, 0.29) is 11.8 Å². The van der Waals surface area contributed by atoms with E-state index < -0.39 is 4.92 Å². The molecule has 0 saturated carbocycles. The molecule has 0 aliphatic heterocycles. The second-order valence-electron chi connectivity index (χ2n) is 4.73. The molecule has 1 heterocycles. The summed E-state index contributed by atoms with van der Waals surface area (Å²) in [6.07, 6.45) is 2.85.